The first-order valence-electron chi connectivity index (χ1n) is 3.71. The van der Waals surface area contributed by atoms with E-state index in [9.17, 15) is 5.11 Å². The van der Waals surface area contributed by atoms with Crippen LogP contribution in [0.5, 0.6) is 0 Å². The minimum absolute atomic E-state index is 0.0706. The molecule has 0 aliphatic heterocycles. The Balaban J connectivity index is 2.13. The lowest BCUT2D eigenvalue weighted by Crippen LogP contribution is -2.34. The van der Waals surface area contributed by atoms with Crippen molar-refractivity contribution in [3.05, 3.63) is 0 Å². The van der Waals surface area contributed by atoms with Crippen LogP contribution in [0.25, 0.3) is 0 Å². The van der Waals surface area contributed by atoms with Gasteiger partial charge in [-0.15, -0.1) is 0 Å². The van der Waals surface area contributed by atoms with Gasteiger partial charge in [-0.3, -0.25) is 0 Å². The molecule has 2 bridgehead atoms. The van der Waals surface area contributed by atoms with Crippen LogP contribution >= 0.6 is 0 Å². The Hall–Kier alpha value is -0.0800. The van der Waals surface area contributed by atoms with Crippen molar-refractivity contribution in [3.8, 4) is 0 Å². The van der Waals surface area contributed by atoms with Gasteiger partial charge in [0.2, 0.25) is 0 Å². The monoisotopic (exact) mass is 127 g/mol. The van der Waals surface area contributed by atoms with Gasteiger partial charge in [0.1, 0.15) is 0 Å². The Morgan fingerprint density at radius 3 is 2.33 bits per heavy atom. The van der Waals surface area contributed by atoms with E-state index in [1.165, 1.54) is 6.42 Å². The smallest absolute Gasteiger partial charge is 0.0585 e. The topological polar surface area (TPSA) is 46.2 Å². The maximum Gasteiger partial charge on any atom is 0.0585 e. The van der Waals surface area contributed by atoms with E-state index in [0.717, 1.165) is 18.8 Å². The summed E-state index contributed by atoms with van der Waals surface area (Å²) in [5.74, 6) is 1.19. The molecule has 0 aromatic carbocycles. The van der Waals surface area contributed by atoms with Crippen molar-refractivity contribution in [2.75, 3.05) is 0 Å². The van der Waals surface area contributed by atoms with Crippen LogP contribution in [0.2, 0.25) is 0 Å². The van der Waals surface area contributed by atoms with Crippen LogP contribution in [-0.2, 0) is 0 Å². The largest absolute Gasteiger partial charge is 0.393 e. The molecular formula is C7H13NO. The minimum Gasteiger partial charge on any atom is -0.393 e. The molecule has 2 aliphatic rings. The summed E-state index contributed by atoms with van der Waals surface area (Å²) in [6.45, 7) is 0. The molecule has 0 amide bonds. The minimum atomic E-state index is -0.0706. The van der Waals surface area contributed by atoms with Crippen molar-refractivity contribution in [3.63, 3.8) is 0 Å². The molecule has 9 heavy (non-hydrogen) atoms. The maximum atomic E-state index is 9.31. The van der Waals surface area contributed by atoms with E-state index < -0.39 is 0 Å². The van der Waals surface area contributed by atoms with E-state index in [-0.39, 0.29) is 6.10 Å². The molecule has 2 nitrogen and oxygen atoms in total. The van der Waals surface area contributed by atoms with Gasteiger partial charge in [-0.1, -0.05) is 0 Å². The molecule has 2 aliphatic carbocycles. The lowest BCUT2D eigenvalue weighted by atomic mass is 9.94. The molecule has 0 aromatic heterocycles. The molecule has 0 radical (unpaired) electrons. The quantitative estimate of drug-likeness (QED) is 0.485. The highest BCUT2D eigenvalue weighted by molar-refractivity contribution is 4.97. The Morgan fingerprint density at radius 2 is 2.00 bits per heavy atom. The van der Waals surface area contributed by atoms with Crippen LogP contribution in [-0.4, -0.2) is 17.3 Å². The number of aliphatic hydroxyl groups is 1. The van der Waals surface area contributed by atoms with Gasteiger partial charge in [-0.05, 0) is 25.2 Å². The molecular weight excluding hydrogens is 114 g/mol. The number of hydrogen-bond donors (Lipinski definition) is 2. The van der Waals surface area contributed by atoms with E-state index >= 15 is 0 Å². The van der Waals surface area contributed by atoms with Gasteiger partial charge < -0.3 is 10.8 Å². The van der Waals surface area contributed by atoms with E-state index in [1.54, 1.807) is 0 Å². The summed E-state index contributed by atoms with van der Waals surface area (Å²) < 4.78 is 0. The fourth-order valence-corrected chi connectivity index (χ4v) is 2.37. The Morgan fingerprint density at radius 1 is 1.22 bits per heavy atom. The molecule has 4 atom stereocenters. The molecule has 0 aromatic rings. The first-order valence-corrected chi connectivity index (χ1v) is 3.71. The zero-order valence-corrected chi connectivity index (χ0v) is 5.46. The van der Waals surface area contributed by atoms with Crippen molar-refractivity contribution < 1.29 is 5.11 Å². The number of aliphatic hydroxyl groups excluding tert-OH is 1. The van der Waals surface area contributed by atoms with Crippen LogP contribution in [0.3, 0.4) is 0 Å². The second kappa shape index (κ2) is 1.70. The number of fused-ring (bicyclic) bond motifs is 2. The predicted molar refractivity (Wildman–Crippen MR) is 34.8 cm³/mol. The SMILES string of the molecule is NC1CC2CC(O)C1C2. The van der Waals surface area contributed by atoms with Crippen molar-refractivity contribution in [1.29, 1.82) is 0 Å². The van der Waals surface area contributed by atoms with Gasteiger partial charge in [-0.25, -0.2) is 0 Å². The number of hydrogen-bond acceptors (Lipinski definition) is 2. The first-order chi connectivity index (χ1) is 4.27. The summed E-state index contributed by atoms with van der Waals surface area (Å²) in [4.78, 5) is 0. The summed E-state index contributed by atoms with van der Waals surface area (Å²) in [6, 6.07) is 0.304. The standard InChI is InChI=1S/C7H13NO/c8-6-2-4-1-5(6)7(9)3-4/h4-7,9H,1-3,8H2. The Kier molecular flexibility index (Phi) is 1.08. The number of nitrogens with two attached hydrogens (primary N) is 1. The van der Waals surface area contributed by atoms with Crippen LogP contribution in [0, 0.1) is 11.8 Å². The molecule has 3 N–H and O–H groups in total. The van der Waals surface area contributed by atoms with Gasteiger partial charge in [0, 0.05) is 12.0 Å². The molecule has 2 heteroatoms. The zero-order valence-electron chi connectivity index (χ0n) is 5.46. The third kappa shape index (κ3) is 0.700. The fraction of sp³-hybridized carbons (Fsp3) is 1.00. The van der Waals surface area contributed by atoms with E-state index in [4.69, 9.17) is 5.73 Å². The fourth-order valence-electron chi connectivity index (χ4n) is 2.37. The van der Waals surface area contributed by atoms with Crippen molar-refractivity contribution in [1.82, 2.24) is 0 Å². The molecule has 52 valence electrons. The summed E-state index contributed by atoms with van der Waals surface area (Å²) in [5.41, 5.74) is 5.75. The van der Waals surface area contributed by atoms with Crippen molar-refractivity contribution >= 4 is 0 Å². The van der Waals surface area contributed by atoms with Crippen molar-refractivity contribution in [2.24, 2.45) is 17.6 Å². The summed E-state index contributed by atoms with van der Waals surface area (Å²) in [6.07, 6.45) is 3.28. The molecule has 2 rings (SSSR count). The van der Waals surface area contributed by atoms with Gasteiger partial charge in [0.15, 0.2) is 0 Å². The second-order valence-electron chi connectivity index (χ2n) is 3.47. The summed E-state index contributed by atoms with van der Waals surface area (Å²) in [7, 11) is 0. The van der Waals surface area contributed by atoms with Gasteiger partial charge in [-0.2, -0.15) is 0 Å². The Bertz CT molecular complexity index is 114. The second-order valence-corrected chi connectivity index (χ2v) is 3.47. The predicted octanol–water partition coefficient (Wildman–Crippen LogP) is 0.104. The molecule has 2 fully saturated rings. The van der Waals surface area contributed by atoms with Crippen LogP contribution < -0.4 is 5.73 Å². The average molecular weight is 127 g/mol. The maximum absolute atomic E-state index is 9.31. The van der Waals surface area contributed by atoms with Crippen LogP contribution in [0.15, 0.2) is 0 Å². The van der Waals surface area contributed by atoms with Gasteiger partial charge >= 0.3 is 0 Å². The summed E-state index contributed by atoms with van der Waals surface area (Å²) >= 11 is 0. The zero-order chi connectivity index (χ0) is 6.43. The third-order valence-corrected chi connectivity index (χ3v) is 2.83. The first kappa shape index (κ1) is 5.69. The van der Waals surface area contributed by atoms with E-state index in [0.29, 0.717) is 12.0 Å². The lowest BCUT2D eigenvalue weighted by molar-refractivity contribution is 0.103. The molecule has 4 unspecified atom stereocenters. The molecule has 0 heterocycles. The Labute approximate surface area is 55.1 Å². The van der Waals surface area contributed by atoms with Gasteiger partial charge in [0.05, 0.1) is 6.10 Å². The highest BCUT2D eigenvalue weighted by Gasteiger charge is 2.43. The van der Waals surface area contributed by atoms with E-state index in [1.807, 2.05) is 0 Å². The van der Waals surface area contributed by atoms with E-state index in [2.05, 4.69) is 0 Å². The molecule has 2 saturated carbocycles. The normalized spacial score (nSPS) is 56.7. The molecule has 0 spiro atoms. The van der Waals surface area contributed by atoms with Gasteiger partial charge in [0.25, 0.3) is 0 Å². The third-order valence-electron chi connectivity index (χ3n) is 2.83. The number of rotatable bonds is 0. The highest BCUT2D eigenvalue weighted by atomic mass is 16.3. The summed E-state index contributed by atoms with van der Waals surface area (Å²) in [5, 5.41) is 9.31. The van der Waals surface area contributed by atoms with Crippen molar-refractivity contribution in [2.45, 2.75) is 31.4 Å². The van der Waals surface area contributed by atoms with Crippen LogP contribution in [0.1, 0.15) is 19.3 Å². The average Bonchev–Trinajstić information content (AvgIpc) is 2.22. The highest BCUT2D eigenvalue weighted by Crippen LogP contribution is 2.43. The lowest BCUT2D eigenvalue weighted by Gasteiger charge is -2.21. The van der Waals surface area contributed by atoms with Crippen LogP contribution in [0.4, 0.5) is 0 Å². The molecule has 0 saturated heterocycles.